The van der Waals surface area contributed by atoms with Crippen molar-refractivity contribution in [3.8, 4) is 0 Å². The van der Waals surface area contributed by atoms with Gasteiger partial charge in [0, 0.05) is 32.7 Å². The van der Waals surface area contributed by atoms with Crippen LogP contribution in [0.3, 0.4) is 0 Å². The summed E-state index contributed by atoms with van der Waals surface area (Å²) in [6.45, 7) is 7.54. The maximum Gasteiger partial charge on any atom is 0.409 e. The number of nitrogens with zero attached hydrogens (tertiary/aromatic N) is 4. The number of amides is 3. The summed E-state index contributed by atoms with van der Waals surface area (Å²) in [7, 11) is -3.99. The first-order valence-electron chi connectivity index (χ1n) is 10.9. The first kappa shape index (κ1) is 23.3. The van der Waals surface area contributed by atoms with Crippen molar-refractivity contribution in [3.05, 3.63) is 29.8 Å². The van der Waals surface area contributed by atoms with Gasteiger partial charge in [0.05, 0.1) is 18.0 Å². The molecular weight excluding hydrogens is 420 g/mol. The number of sulfonamides is 1. The van der Waals surface area contributed by atoms with E-state index >= 15 is 0 Å². The highest BCUT2D eigenvalue weighted by atomic mass is 32.2. The molecule has 0 N–H and O–H groups in total. The summed E-state index contributed by atoms with van der Waals surface area (Å²) in [5.74, 6) is 0. The second-order valence-electron chi connectivity index (χ2n) is 7.89. The van der Waals surface area contributed by atoms with Crippen LogP contribution < -0.4 is 0 Å². The number of hydrogen-bond donors (Lipinski definition) is 0. The molecule has 1 aromatic rings. The number of benzene rings is 1. The van der Waals surface area contributed by atoms with Gasteiger partial charge >= 0.3 is 12.1 Å². The van der Waals surface area contributed by atoms with Crippen LogP contribution in [0.25, 0.3) is 0 Å². The fourth-order valence-corrected chi connectivity index (χ4v) is 5.22. The van der Waals surface area contributed by atoms with Crippen LogP contribution in [0.1, 0.15) is 25.3 Å². The van der Waals surface area contributed by atoms with Gasteiger partial charge in [-0.3, -0.25) is 0 Å². The number of carbonyl (C=O) groups is 2. The fraction of sp³-hybridized carbons (Fsp3) is 0.619. The van der Waals surface area contributed by atoms with Crippen LogP contribution in [0.15, 0.2) is 29.2 Å². The zero-order valence-electron chi connectivity index (χ0n) is 18.3. The van der Waals surface area contributed by atoms with E-state index in [1.165, 1.54) is 9.80 Å². The van der Waals surface area contributed by atoms with Gasteiger partial charge in [0.1, 0.15) is 0 Å². The van der Waals surface area contributed by atoms with E-state index in [1.54, 1.807) is 31.2 Å². The van der Waals surface area contributed by atoms with Gasteiger partial charge < -0.3 is 19.4 Å². The molecule has 2 aliphatic heterocycles. The van der Waals surface area contributed by atoms with E-state index < -0.39 is 22.1 Å². The molecule has 9 nitrogen and oxygen atoms in total. The Kier molecular flexibility index (Phi) is 7.77. The predicted octanol–water partition coefficient (Wildman–Crippen LogP) is 1.98. The molecule has 0 bridgehead atoms. The minimum absolute atomic E-state index is 0.104. The summed E-state index contributed by atoms with van der Waals surface area (Å²) in [6, 6.07) is 6.00. The van der Waals surface area contributed by atoms with Crippen LogP contribution in [0.5, 0.6) is 0 Å². The molecule has 2 saturated heterocycles. The highest BCUT2D eigenvalue weighted by Crippen LogP contribution is 2.20. The standard InChI is InChI=1S/C21H32N4O5S/c1-3-30-21(27)24-15-13-23(14-16-24)20(26)25(17-12-22-10-4-5-11-22)31(28,29)19-8-6-18(2)7-9-19/h6-9H,3-5,10-17H2,1-2H3. The Labute approximate surface area is 184 Å². The fourth-order valence-electron chi connectivity index (χ4n) is 3.85. The van der Waals surface area contributed by atoms with Crippen molar-refractivity contribution in [3.63, 3.8) is 0 Å². The third-order valence-electron chi connectivity index (χ3n) is 5.72. The van der Waals surface area contributed by atoms with Crippen LogP contribution in [-0.2, 0) is 14.8 Å². The van der Waals surface area contributed by atoms with Gasteiger partial charge in [-0.2, -0.15) is 0 Å². The minimum Gasteiger partial charge on any atom is -0.450 e. The largest absolute Gasteiger partial charge is 0.450 e. The number of hydrogen-bond acceptors (Lipinski definition) is 6. The molecule has 2 aliphatic rings. The van der Waals surface area contributed by atoms with Crippen LogP contribution in [0, 0.1) is 6.92 Å². The van der Waals surface area contributed by atoms with Gasteiger partial charge in [-0.1, -0.05) is 17.7 Å². The van der Waals surface area contributed by atoms with E-state index in [-0.39, 0.29) is 31.1 Å². The number of likely N-dealkylation sites (tertiary alicyclic amines) is 1. The zero-order chi connectivity index (χ0) is 22.4. The molecule has 2 heterocycles. The number of carbonyl (C=O) groups excluding carboxylic acids is 2. The lowest BCUT2D eigenvalue weighted by Gasteiger charge is -2.37. The molecule has 0 spiro atoms. The molecule has 3 rings (SSSR count). The topological polar surface area (TPSA) is 90.5 Å². The molecule has 3 amide bonds. The van der Waals surface area contributed by atoms with E-state index in [0.29, 0.717) is 19.6 Å². The van der Waals surface area contributed by atoms with Crippen LogP contribution >= 0.6 is 0 Å². The summed E-state index contributed by atoms with van der Waals surface area (Å²) < 4.78 is 32.7. The summed E-state index contributed by atoms with van der Waals surface area (Å²) in [6.07, 6.45) is 1.77. The molecule has 2 fully saturated rings. The van der Waals surface area contributed by atoms with Crippen LogP contribution in [0.2, 0.25) is 0 Å². The summed E-state index contributed by atoms with van der Waals surface area (Å²) >= 11 is 0. The third-order valence-corrected chi connectivity index (χ3v) is 7.50. The quantitative estimate of drug-likeness (QED) is 0.656. The maximum atomic E-state index is 13.4. The molecule has 172 valence electrons. The Hall–Kier alpha value is -2.33. The van der Waals surface area contributed by atoms with Crippen molar-refractivity contribution in [1.29, 1.82) is 0 Å². The molecule has 0 unspecified atom stereocenters. The van der Waals surface area contributed by atoms with Crippen molar-refractivity contribution in [2.75, 3.05) is 59.0 Å². The van der Waals surface area contributed by atoms with Gasteiger partial charge in [0.25, 0.3) is 10.0 Å². The maximum absolute atomic E-state index is 13.4. The first-order valence-corrected chi connectivity index (χ1v) is 12.3. The number of rotatable bonds is 6. The Morgan fingerprint density at radius 1 is 0.968 bits per heavy atom. The van der Waals surface area contributed by atoms with Crippen LogP contribution in [0.4, 0.5) is 9.59 Å². The van der Waals surface area contributed by atoms with Gasteiger partial charge in [-0.05, 0) is 51.9 Å². The average Bonchev–Trinajstić information content (AvgIpc) is 3.28. The number of piperazine rings is 1. The van der Waals surface area contributed by atoms with Gasteiger partial charge in [-0.25, -0.2) is 22.3 Å². The Morgan fingerprint density at radius 2 is 1.55 bits per heavy atom. The van der Waals surface area contributed by atoms with Crippen molar-refractivity contribution in [2.45, 2.75) is 31.6 Å². The van der Waals surface area contributed by atoms with E-state index in [0.717, 1.165) is 35.8 Å². The second-order valence-corrected chi connectivity index (χ2v) is 9.76. The predicted molar refractivity (Wildman–Crippen MR) is 116 cm³/mol. The summed E-state index contributed by atoms with van der Waals surface area (Å²) in [4.78, 5) is 30.6. The third kappa shape index (κ3) is 5.68. The van der Waals surface area contributed by atoms with Crippen LogP contribution in [-0.4, -0.2) is 98.5 Å². The molecule has 1 aromatic carbocycles. The molecular formula is C21H32N4O5S. The highest BCUT2D eigenvalue weighted by molar-refractivity contribution is 7.89. The van der Waals surface area contributed by atoms with Crippen molar-refractivity contribution >= 4 is 22.1 Å². The van der Waals surface area contributed by atoms with Crippen molar-refractivity contribution in [2.24, 2.45) is 0 Å². The molecule has 0 aliphatic carbocycles. The van der Waals surface area contributed by atoms with Gasteiger partial charge in [0.15, 0.2) is 0 Å². The highest BCUT2D eigenvalue weighted by Gasteiger charge is 2.35. The lowest BCUT2D eigenvalue weighted by molar-refractivity contribution is 0.0822. The Balaban J connectivity index is 1.74. The number of urea groups is 1. The second kappa shape index (κ2) is 10.3. The normalized spacial score (nSPS) is 17.6. The molecule has 31 heavy (non-hydrogen) atoms. The van der Waals surface area contributed by atoms with Crippen molar-refractivity contribution in [1.82, 2.24) is 19.0 Å². The summed E-state index contributed by atoms with van der Waals surface area (Å²) in [5.41, 5.74) is 0.948. The van der Waals surface area contributed by atoms with Gasteiger partial charge in [0.2, 0.25) is 0 Å². The SMILES string of the molecule is CCOC(=O)N1CCN(C(=O)N(CCN2CCCC2)S(=O)(=O)c2ccc(C)cc2)CC1. The summed E-state index contributed by atoms with van der Waals surface area (Å²) in [5, 5.41) is 0. The average molecular weight is 453 g/mol. The monoisotopic (exact) mass is 452 g/mol. The smallest absolute Gasteiger partial charge is 0.409 e. The number of ether oxygens (including phenoxy) is 1. The van der Waals surface area contributed by atoms with E-state index in [4.69, 9.17) is 4.74 Å². The molecule has 0 saturated carbocycles. The molecule has 10 heteroatoms. The number of aryl methyl sites for hydroxylation is 1. The first-order chi connectivity index (χ1) is 14.8. The Morgan fingerprint density at radius 3 is 2.13 bits per heavy atom. The lowest BCUT2D eigenvalue weighted by Crippen LogP contribution is -2.55. The minimum atomic E-state index is -3.99. The van der Waals surface area contributed by atoms with Gasteiger partial charge in [-0.15, -0.1) is 0 Å². The lowest BCUT2D eigenvalue weighted by atomic mass is 10.2. The Bertz CT molecular complexity index is 860. The van der Waals surface area contributed by atoms with E-state index in [9.17, 15) is 18.0 Å². The zero-order valence-corrected chi connectivity index (χ0v) is 19.1. The van der Waals surface area contributed by atoms with E-state index in [2.05, 4.69) is 4.90 Å². The van der Waals surface area contributed by atoms with E-state index in [1.807, 2.05) is 6.92 Å². The van der Waals surface area contributed by atoms with Crippen molar-refractivity contribution < 1.29 is 22.7 Å². The molecule has 0 atom stereocenters. The molecule has 0 aromatic heterocycles. The molecule has 0 radical (unpaired) electrons.